The van der Waals surface area contributed by atoms with E-state index in [2.05, 4.69) is 31.8 Å². The number of hydrogen-bond acceptors (Lipinski definition) is 2. The van der Waals surface area contributed by atoms with Crippen LogP contribution in [0.1, 0.15) is 18.1 Å². The van der Waals surface area contributed by atoms with Gasteiger partial charge in [0.15, 0.2) is 0 Å². The van der Waals surface area contributed by atoms with E-state index >= 15 is 0 Å². The second-order valence-corrected chi connectivity index (χ2v) is 3.84. The van der Waals surface area contributed by atoms with Crippen molar-refractivity contribution in [3.05, 3.63) is 41.7 Å². The molecule has 0 aliphatic heterocycles. The van der Waals surface area contributed by atoms with Crippen molar-refractivity contribution in [3.8, 4) is 11.8 Å². The highest BCUT2D eigenvalue weighted by atomic mass is 16.5. The Balaban J connectivity index is 2.24. The summed E-state index contributed by atoms with van der Waals surface area (Å²) in [5, 5.41) is 0. The summed E-state index contributed by atoms with van der Waals surface area (Å²) in [6.07, 6.45) is 3.66. The van der Waals surface area contributed by atoms with Crippen molar-refractivity contribution in [1.29, 1.82) is 0 Å². The molecule has 3 nitrogen and oxygen atoms in total. The minimum Gasteiger partial charge on any atom is -0.426 e. The normalized spacial score (nSPS) is 10.4. The Morgan fingerprint density at radius 1 is 1.25 bits per heavy atom. The summed E-state index contributed by atoms with van der Waals surface area (Å²) in [6, 6.07) is 6.70. The largest absolute Gasteiger partial charge is 0.426 e. The van der Waals surface area contributed by atoms with Crippen LogP contribution in [0.15, 0.2) is 30.6 Å². The molecule has 0 saturated carbocycles. The lowest BCUT2D eigenvalue weighted by Crippen LogP contribution is -1.97. The number of hydrogen-bond donors (Lipinski definition) is 0. The molecule has 3 heteroatoms. The topological polar surface area (TPSA) is 27.1 Å². The van der Waals surface area contributed by atoms with Crippen LogP contribution in [-0.4, -0.2) is 9.55 Å². The molecule has 2 rings (SSSR count). The number of imidazole rings is 1. The molecule has 0 radical (unpaired) electrons. The van der Waals surface area contributed by atoms with E-state index in [0.717, 1.165) is 12.3 Å². The molecule has 1 aromatic carbocycles. The Hall–Kier alpha value is -1.77. The SMILES string of the molecule is CCn1ccnc1Oc1ccc(C)c(C)c1. The van der Waals surface area contributed by atoms with Crippen LogP contribution in [0.2, 0.25) is 0 Å². The van der Waals surface area contributed by atoms with Crippen LogP contribution in [0.25, 0.3) is 0 Å². The van der Waals surface area contributed by atoms with Crippen molar-refractivity contribution in [2.45, 2.75) is 27.3 Å². The molecular formula is C13H16N2O. The molecule has 0 bridgehead atoms. The lowest BCUT2D eigenvalue weighted by Gasteiger charge is -2.08. The number of rotatable bonds is 3. The number of nitrogens with zero attached hydrogens (tertiary/aromatic N) is 2. The first-order valence-electron chi connectivity index (χ1n) is 5.47. The maximum absolute atomic E-state index is 5.73. The van der Waals surface area contributed by atoms with E-state index in [1.165, 1.54) is 11.1 Å². The van der Waals surface area contributed by atoms with Gasteiger partial charge in [-0.1, -0.05) is 6.07 Å². The van der Waals surface area contributed by atoms with Crippen LogP contribution < -0.4 is 4.74 Å². The van der Waals surface area contributed by atoms with Crippen molar-refractivity contribution in [1.82, 2.24) is 9.55 Å². The average molecular weight is 216 g/mol. The summed E-state index contributed by atoms with van der Waals surface area (Å²) in [6.45, 7) is 7.09. The van der Waals surface area contributed by atoms with Crippen molar-refractivity contribution in [2.75, 3.05) is 0 Å². The minimum absolute atomic E-state index is 0.644. The third kappa shape index (κ3) is 2.08. The molecule has 0 atom stereocenters. The smallest absolute Gasteiger partial charge is 0.301 e. The maximum Gasteiger partial charge on any atom is 0.301 e. The highest BCUT2D eigenvalue weighted by molar-refractivity contribution is 5.35. The van der Waals surface area contributed by atoms with E-state index in [1.807, 2.05) is 22.9 Å². The summed E-state index contributed by atoms with van der Waals surface area (Å²) in [5.74, 6) is 0.837. The summed E-state index contributed by atoms with van der Waals surface area (Å²) >= 11 is 0. The monoisotopic (exact) mass is 216 g/mol. The van der Waals surface area contributed by atoms with Gasteiger partial charge in [-0.05, 0) is 44.0 Å². The van der Waals surface area contributed by atoms with E-state index in [9.17, 15) is 0 Å². The fourth-order valence-corrected chi connectivity index (χ4v) is 1.52. The van der Waals surface area contributed by atoms with Crippen molar-refractivity contribution < 1.29 is 4.74 Å². The van der Waals surface area contributed by atoms with E-state index in [1.54, 1.807) is 6.20 Å². The van der Waals surface area contributed by atoms with Crippen molar-refractivity contribution in [2.24, 2.45) is 0 Å². The predicted molar refractivity (Wildman–Crippen MR) is 63.9 cm³/mol. The maximum atomic E-state index is 5.73. The third-order valence-corrected chi connectivity index (χ3v) is 2.71. The number of benzene rings is 1. The Morgan fingerprint density at radius 3 is 2.75 bits per heavy atom. The van der Waals surface area contributed by atoms with Gasteiger partial charge in [0.05, 0.1) is 0 Å². The fraction of sp³-hybridized carbons (Fsp3) is 0.308. The zero-order valence-corrected chi connectivity index (χ0v) is 9.90. The van der Waals surface area contributed by atoms with Crippen LogP contribution in [0.3, 0.4) is 0 Å². The Bertz CT molecular complexity index is 488. The molecule has 0 saturated heterocycles. The molecule has 0 fully saturated rings. The number of aromatic nitrogens is 2. The summed E-state index contributed by atoms with van der Waals surface area (Å²) in [4.78, 5) is 4.18. The van der Waals surface area contributed by atoms with E-state index in [0.29, 0.717) is 6.01 Å². The summed E-state index contributed by atoms with van der Waals surface area (Å²) < 4.78 is 7.70. The second-order valence-electron chi connectivity index (χ2n) is 3.84. The Morgan fingerprint density at radius 2 is 2.06 bits per heavy atom. The number of ether oxygens (including phenoxy) is 1. The van der Waals surface area contributed by atoms with Gasteiger partial charge in [0.1, 0.15) is 5.75 Å². The molecule has 0 aliphatic rings. The molecule has 0 N–H and O–H groups in total. The quantitative estimate of drug-likeness (QED) is 0.787. The van der Waals surface area contributed by atoms with Gasteiger partial charge in [0.2, 0.25) is 0 Å². The van der Waals surface area contributed by atoms with Gasteiger partial charge in [0.25, 0.3) is 0 Å². The molecule has 0 amide bonds. The first-order chi connectivity index (χ1) is 7.70. The van der Waals surface area contributed by atoms with E-state index in [-0.39, 0.29) is 0 Å². The van der Waals surface area contributed by atoms with Crippen LogP contribution >= 0.6 is 0 Å². The highest BCUT2D eigenvalue weighted by Gasteiger charge is 2.04. The van der Waals surface area contributed by atoms with Crippen molar-refractivity contribution in [3.63, 3.8) is 0 Å². The van der Waals surface area contributed by atoms with Gasteiger partial charge in [-0.25, -0.2) is 4.98 Å². The molecule has 0 spiro atoms. The van der Waals surface area contributed by atoms with E-state index in [4.69, 9.17) is 4.74 Å². The van der Waals surface area contributed by atoms with Gasteiger partial charge in [-0.3, -0.25) is 0 Å². The molecule has 0 aliphatic carbocycles. The summed E-state index contributed by atoms with van der Waals surface area (Å²) in [5.41, 5.74) is 2.50. The zero-order chi connectivity index (χ0) is 11.5. The van der Waals surface area contributed by atoms with Crippen LogP contribution in [-0.2, 0) is 6.54 Å². The van der Waals surface area contributed by atoms with E-state index < -0.39 is 0 Å². The van der Waals surface area contributed by atoms with Gasteiger partial charge in [-0.15, -0.1) is 0 Å². The Labute approximate surface area is 95.7 Å². The molecular weight excluding hydrogens is 200 g/mol. The Kier molecular flexibility index (Phi) is 2.95. The molecule has 1 aromatic heterocycles. The molecule has 84 valence electrons. The van der Waals surface area contributed by atoms with Gasteiger partial charge in [0, 0.05) is 18.9 Å². The van der Waals surface area contributed by atoms with Gasteiger partial charge < -0.3 is 9.30 Å². The third-order valence-electron chi connectivity index (χ3n) is 2.71. The second kappa shape index (κ2) is 4.39. The molecule has 16 heavy (non-hydrogen) atoms. The van der Waals surface area contributed by atoms with Crippen LogP contribution in [0.5, 0.6) is 11.8 Å². The lowest BCUT2D eigenvalue weighted by molar-refractivity contribution is 0.415. The molecule has 1 heterocycles. The van der Waals surface area contributed by atoms with Crippen LogP contribution in [0, 0.1) is 13.8 Å². The lowest BCUT2D eigenvalue weighted by atomic mass is 10.1. The highest BCUT2D eigenvalue weighted by Crippen LogP contribution is 2.22. The van der Waals surface area contributed by atoms with Gasteiger partial charge in [-0.2, -0.15) is 0 Å². The average Bonchev–Trinajstić information content (AvgIpc) is 2.71. The first kappa shape index (κ1) is 10.7. The molecule has 0 unspecified atom stereocenters. The predicted octanol–water partition coefficient (Wildman–Crippen LogP) is 3.31. The van der Waals surface area contributed by atoms with Crippen molar-refractivity contribution >= 4 is 0 Å². The fourth-order valence-electron chi connectivity index (χ4n) is 1.52. The van der Waals surface area contributed by atoms with Gasteiger partial charge >= 0.3 is 6.01 Å². The summed E-state index contributed by atoms with van der Waals surface area (Å²) in [7, 11) is 0. The minimum atomic E-state index is 0.644. The zero-order valence-electron chi connectivity index (χ0n) is 9.90. The standard InChI is InChI=1S/C13H16N2O/c1-4-15-8-7-14-13(15)16-12-6-5-10(2)11(3)9-12/h5-9H,4H2,1-3H3. The number of aryl methyl sites for hydroxylation is 3. The first-order valence-corrected chi connectivity index (χ1v) is 5.47. The molecule has 2 aromatic rings. The van der Waals surface area contributed by atoms with Crippen LogP contribution in [0.4, 0.5) is 0 Å².